The van der Waals surface area contributed by atoms with Crippen LogP contribution in [-0.2, 0) is 33.2 Å². The first kappa shape index (κ1) is 69.1. The van der Waals surface area contributed by atoms with E-state index in [1.807, 2.05) is 0 Å². The Kier molecular flexibility index (Phi) is 37.9. The van der Waals surface area contributed by atoms with Gasteiger partial charge < -0.3 is 89.9 Å². The molecule has 0 spiro atoms. The standard InChI is InChI=1S/C57H109NO18/c1-3-5-7-9-11-13-15-17-19-20-21-23-25-27-29-31-33-35-45(63)58-40(41(62)34-32-30-28-26-24-22-18-16-14-12-10-8-6-4-2)39-71-55-51(69)48(66)53(43(37-60)73-55)76-57-52(70)49(67)54(44(38-61)74-57)75-56-50(68)47(65)46(64)42(36-59)72-56/h40-44,46-57,59-62,64-70H,3-39H2,1-2H3,(H,58,63). The van der Waals surface area contributed by atoms with Crippen molar-refractivity contribution in [1.29, 1.82) is 0 Å². The summed E-state index contributed by atoms with van der Waals surface area (Å²) in [7, 11) is 0. The lowest BCUT2D eigenvalue weighted by Crippen LogP contribution is -2.66. The molecule has 3 rings (SSSR count). The van der Waals surface area contributed by atoms with Gasteiger partial charge in [0.2, 0.25) is 5.91 Å². The number of ether oxygens (including phenoxy) is 6. The fourth-order valence-corrected chi connectivity index (χ4v) is 10.7. The van der Waals surface area contributed by atoms with Gasteiger partial charge in [-0.3, -0.25) is 4.79 Å². The molecule has 19 nitrogen and oxygen atoms in total. The van der Waals surface area contributed by atoms with E-state index in [0.717, 1.165) is 44.9 Å². The number of rotatable bonds is 45. The lowest BCUT2D eigenvalue weighted by molar-refractivity contribution is -0.379. The minimum atomic E-state index is -1.97. The van der Waals surface area contributed by atoms with Gasteiger partial charge >= 0.3 is 0 Å². The molecule has 0 bridgehead atoms. The minimum Gasteiger partial charge on any atom is -0.394 e. The van der Waals surface area contributed by atoms with Crippen molar-refractivity contribution >= 4 is 5.91 Å². The summed E-state index contributed by atoms with van der Waals surface area (Å²) in [5, 5.41) is 120. The first-order valence-electron chi connectivity index (χ1n) is 30.3. The highest BCUT2D eigenvalue weighted by molar-refractivity contribution is 5.76. The highest BCUT2D eigenvalue weighted by atomic mass is 16.8. The largest absolute Gasteiger partial charge is 0.394 e. The number of carbonyl (C=O) groups is 1. The van der Waals surface area contributed by atoms with Crippen molar-refractivity contribution < 1.29 is 89.4 Å². The van der Waals surface area contributed by atoms with Crippen LogP contribution < -0.4 is 5.32 Å². The van der Waals surface area contributed by atoms with E-state index in [-0.39, 0.29) is 18.9 Å². The van der Waals surface area contributed by atoms with Crippen LogP contribution in [0.4, 0.5) is 0 Å². The Morgan fingerprint density at radius 3 is 1.14 bits per heavy atom. The zero-order chi connectivity index (χ0) is 55.5. The Morgan fingerprint density at radius 1 is 0.421 bits per heavy atom. The summed E-state index contributed by atoms with van der Waals surface area (Å²) in [5.41, 5.74) is 0. The summed E-state index contributed by atoms with van der Waals surface area (Å²) in [4.78, 5) is 13.3. The predicted molar refractivity (Wildman–Crippen MR) is 287 cm³/mol. The first-order valence-corrected chi connectivity index (χ1v) is 30.3. The summed E-state index contributed by atoms with van der Waals surface area (Å²) in [6.45, 7) is 1.80. The maximum atomic E-state index is 13.3. The summed E-state index contributed by atoms with van der Waals surface area (Å²) in [6, 6.07) is -0.879. The molecule has 3 aliphatic rings. The van der Waals surface area contributed by atoms with E-state index >= 15 is 0 Å². The predicted octanol–water partition coefficient (Wildman–Crippen LogP) is 5.21. The molecule has 0 saturated carbocycles. The second-order valence-electron chi connectivity index (χ2n) is 22.2. The van der Waals surface area contributed by atoms with Crippen molar-refractivity contribution in [2.45, 2.75) is 330 Å². The van der Waals surface area contributed by atoms with E-state index in [2.05, 4.69) is 19.2 Å². The average Bonchev–Trinajstić information content (AvgIpc) is 3.41. The van der Waals surface area contributed by atoms with Crippen molar-refractivity contribution in [3.63, 3.8) is 0 Å². The molecule has 19 heteroatoms. The van der Waals surface area contributed by atoms with E-state index in [0.29, 0.717) is 12.8 Å². The summed E-state index contributed by atoms with van der Waals surface area (Å²) < 4.78 is 34.3. The van der Waals surface area contributed by atoms with Gasteiger partial charge in [-0.05, 0) is 12.8 Å². The maximum Gasteiger partial charge on any atom is 0.220 e. The molecular formula is C57H109NO18. The second kappa shape index (κ2) is 41.7. The Labute approximate surface area is 455 Å². The lowest BCUT2D eigenvalue weighted by atomic mass is 9.96. The molecule has 0 aromatic heterocycles. The van der Waals surface area contributed by atoms with E-state index < -0.39 is 124 Å². The number of amides is 1. The number of hydrogen-bond donors (Lipinski definition) is 12. The van der Waals surface area contributed by atoms with Crippen LogP contribution in [0.25, 0.3) is 0 Å². The molecule has 17 unspecified atom stereocenters. The highest BCUT2D eigenvalue weighted by Crippen LogP contribution is 2.33. The molecule has 1 amide bonds. The van der Waals surface area contributed by atoms with Gasteiger partial charge in [0.15, 0.2) is 18.9 Å². The molecule has 0 aliphatic carbocycles. The van der Waals surface area contributed by atoms with Gasteiger partial charge in [0.05, 0.1) is 38.6 Å². The number of aliphatic hydroxyl groups excluding tert-OH is 11. The van der Waals surface area contributed by atoms with Crippen LogP contribution in [0, 0.1) is 0 Å². The number of aliphatic hydroxyl groups is 11. The molecule has 17 atom stereocenters. The molecule has 0 radical (unpaired) electrons. The van der Waals surface area contributed by atoms with Crippen LogP contribution in [0.15, 0.2) is 0 Å². The molecule has 0 aromatic rings. The topological polar surface area (TPSA) is 307 Å². The van der Waals surface area contributed by atoms with Gasteiger partial charge in [0, 0.05) is 6.42 Å². The zero-order valence-corrected chi connectivity index (χ0v) is 46.8. The van der Waals surface area contributed by atoms with Gasteiger partial charge in [0.25, 0.3) is 0 Å². The SMILES string of the molecule is CCCCCCCCCCCCCCCCCCCC(=O)NC(COC1OC(CO)C(OC2OC(CO)C(OC3OC(CO)C(O)C(O)C3O)C(O)C2O)C(O)C1O)C(O)CCCCCCCCCCCCCCCC. The molecule has 3 heterocycles. The molecular weight excluding hydrogens is 987 g/mol. The minimum absolute atomic E-state index is 0.239. The highest BCUT2D eigenvalue weighted by Gasteiger charge is 2.53. The number of carbonyl (C=O) groups excluding carboxylic acids is 1. The van der Waals surface area contributed by atoms with Crippen LogP contribution in [0.5, 0.6) is 0 Å². The van der Waals surface area contributed by atoms with Crippen LogP contribution >= 0.6 is 0 Å². The third-order valence-corrected chi connectivity index (χ3v) is 15.7. The van der Waals surface area contributed by atoms with Gasteiger partial charge in [-0.2, -0.15) is 0 Å². The Bertz CT molecular complexity index is 1400. The normalized spacial score (nSPS) is 30.9. The smallest absolute Gasteiger partial charge is 0.220 e. The van der Waals surface area contributed by atoms with E-state index in [1.54, 1.807) is 0 Å². The molecule has 0 aromatic carbocycles. The Hall–Kier alpha value is -1.21. The van der Waals surface area contributed by atoms with Gasteiger partial charge in [-0.25, -0.2) is 0 Å². The monoisotopic (exact) mass is 1100 g/mol. The summed E-state index contributed by atoms with van der Waals surface area (Å²) in [5.74, 6) is -0.239. The van der Waals surface area contributed by atoms with Crippen molar-refractivity contribution in [3.8, 4) is 0 Å². The molecule has 3 fully saturated rings. The molecule has 3 aliphatic heterocycles. The van der Waals surface area contributed by atoms with E-state index in [4.69, 9.17) is 28.4 Å². The Morgan fingerprint density at radius 2 is 0.750 bits per heavy atom. The van der Waals surface area contributed by atoms with Crippen LogP contribution in [0.3, 0.4) is 0 Å². The number of nitrogens with one attached hydrogen (secondary N) is 1. The fraction of sp³-hybridized carbons (Fsp3) is 0.982. The van der Waals surface area contributed by atoms with E-state index in [9.17, 15) is 61.0 Å². The third-order valence-electron chi connectivity index (χ3n) is 15.7. The molecule has 12 N–H and O–H groups in total. The molecule has 76 heavy (non-hydrogen) atoms. The van der Waals surface area contributed by atoms with Crippen molar-refractivity contribution in [1.82, 2.24) is 5.32 Å². The third kappa shape index (κ3) is 25.7. The van der Waals surface area contributed by atoms with Crippen LogP contribution in [-0.4, -0.2) is 193 Å². The van der Waals surface area contributed by atoms with Crippen molar-refractivity contribution in [3.05, 3.63) is 0 Å². The Balaban J connectivity index is 1.49. The molecule has 450 valence electrons. The van der Waals surface area contributed by atoms with Crippen molar-refractivity contribution in [2.75, 3.05) is 26.4 Å². The van der Waals surface area contributed by atoms with Crippen LogP contribution in [0.2, 0.25) is 0 Å². The summed E-state index contributed by atoms with van der Waals surface area (Å²) in [6.07, 6.45) is 11.8. The van der Waals surface area contributed by atoms with Gasteiger partial charge in [0.1, 0.15) is 73.2 Å². The fourth-order valence-electron chi connectivity index (χ4n) is 10.7. The van der Waals surface area contributed by atoms with Gasteiger partial charge in [-0.15, -0.1) is 0 Å². The zero-order valence-electron chi connectivity index (χ0n) is 46.8. The lowest BCUT2D eigenvalue weighted by Gasteiger charge is -2.48. The van der Waals surface area contributed by atoms with Crippen LogP contribution in [0.1, 0.15) is 226 Å². The summed E-state index contributed by atoms with van der Waals surface area (Å²) >= 11 is 0. The number of hydrogen-bond acceptors (Lipinski definition) is 18. The average molecular weight is 1100 g/mol. The number of unbranched alkanes of at least 4 members (excludes halogenated alkanes) is 29. The van der Waals surface area contributed by atoms with E-state index in [1.165, 1.54) is 148 Å². The maximum absolute atomic E-state index is 13.3. The first-order chi connectivity index (χ1) is 36.8. The molecule has 3 saturated heterocycles. The quantitative estimate of drug-likeness (QED) is 0.0348. The van der Waals surface area contributed by atoms with Crippen molar-refractivity contribution in [2.24, 2.45) is 0 Å². The van der Waals surface area contributed by atoms with Gasteiger partial charge in [-0.1, -0.05) is 206 Å². The second-order valence-corrected chi connectivity index (χ2v) is 22.2.